The molecule has 0 spiro atoms. The van der Waals surface area contributed by atoms with Crippen LogP contribution in [0.15, 0.2) is 9.79 Å². The summed E-state index contributed by atoms with van der Waals surface area (Å²) in [5.74, 6) is -4.00. The highest BCUT2D eigenvalue weighted by Gasteiger charge is 2.26. The number of carbonyl (C=O) groups is 4. The first kappa shape index (κ1) is 29.0. The normalized spacial score (nSPS) is 12.7. The van der Waals surface area contributed by atoms with Gasteiger partial charge in [-0.3, -0.25) is 19.2 Å². The van der Waals surface area contributed by atoms with Crippen molar-refractivity contribution in [2.45, 2.75) is 34.7 Å². The number of benzene rings is 1. The lowest BCUT2D eigenvalue weighted by atomic mass is 10.1. The van der Waals surface area contributed by atoms with Crippen LogP contribution in [-0.2, 0) is 19.2 Å². The van der Waals surface area contributed by atoms with Crippen LogP contribution in [0, 0.1) is 0 Å². The summed E-state index contributed by atoms with van der Waals surface area (Å²) in [6.07, 6.45) is 1.33. The van der Waals surface area contributed by atoms with E-state index in [0.29, 0.717) is 9.79 Å². The third-order valence-corrected chi connectivity index (χ3v) is 8.02. The molecule has 9 nitrogen and oxygen atoms in total. The second-order valence-corrected chi connectivity index (χ2v) is 9.50. The van der Waals surface area contributed by atoms with Gasteiger partial charge in [-0.1, -0.05) is 46.4 Å². The number of rotatable bonds is 12. The smallest absolute Gasteiger partial charge is 0.322 e. The van der Waals surface area contributed by atoms with Gasteiger partial charge >= 0.3 is 11.9 Å². The van der Waals surface area contributed by atoms with Gasteiger partial charge in [0.05, 0.1) is 20.1 Å². The summed E-state index contributed by atoms with van der Waals surface area (Å²) in [4.78, 5) is 47.2. The summed E-state index contributed by atoms with van der Waals surface area (Å²) in [5, 5.41) is 22.6. The molecule has 1 rings (SSSR count). The molecule has 178 valence electrons. The van der Waals surface area contributed by atoms with E-state index < -0.39 is 42.4 Å². The van der Waals surface area contributed by atoms with E-state index in [1.54, 1.807) is 6.26 Å². The van der Waals surface area contributed by atoms with E-state index in [0.717, 1.165) is 11.8 Å². The number of nitrogens with one attached hydrogen (secondary N) is 2. The Kier molecular flexibility index (Phi) is 12.3. The highest BCUT2D eigenvalue weighted by atomic mass is 35.5. The zero-order valence-corrected chi connectivity index (χ0v) is 21.1. The van der Waals surface area contributed by atoms with Crippen LogP contribution in [0.2, 0.25) is 20.1 Å². The minimum absolute atomic E-state index is 0.0252. The first-order valence-electron chi connectivity index (χ1n) is 8.70. The molecule has 6 N–H and O–H groups in total. The topological polar surface area (TPSA) is 159 Å². The average molecular weight is 567 g/mol. The van der Waals surface area contributed by atoms with Crippen LogP contribution in [0.25, 0.3) is 0 Å². The van der Waals surface area contributed by atoms with Gasteiger partial charge in [-0.25, -0.2) is 0 Å². The summed E-state index contributed by atoms with van der Waals surface area (Å²) in [5.41, 5.74) is 5.38. The molecule has 0 radical (unpaired) electrons. The predicted molar refractivity (Wildman–Crippen MR) is 126 cm³/mol. The zero-order valence-electron chi connectivity index (χ0n) is 16.4. The van der Waals surface area contributed by atoms with Crippen molar-refractivity contribution in [1.29, 1.82) is 0 Å². The van der Waals surface area contributed by atoms with Crippen LogP contribution < -0.4 is 16.4 Å². The van der Waals surface area contributed by atoms with E-state index in [-0.39, 0.29) is 38.7 Å². The van der Waals surface area contributed by atoms with Crippen LogP contribution >= 0.6 is 69.9 Å². The van der Waals surface area contributed by atoms with Crippen LogP contribution in [0.1, 0.15) is 12.8 Å². The molecule has 1 aromatic carbocycles. The van der Waals surface area contributed by atoms with Gasteiger partial charge in [-0.2, -0.15) is 0 Å². The molecular weight excluding hydrogens is 548 g/mol. The Hall–Kier alpha value is -1.08. The number of amides is 2. The first-order chi connectivity index (χ1) is 14.9. The van der Waals surface area contributed by atoms with Crippen molar-refractivity contribution in [3.63, 3.8) is 0 Å². The summed E-state index contributed by atoms with van der Waals surface area (Å²) in [6.45, 7) is -0.658. The van der Waals surface area contributed by atoms with Gasteiger partial charge in [0.25, 0.3) is 0 Å². The van der Waals surface area contributed by atoms with Crippen LogP contribution in [0.3, 0.4) is 0 Å². The number of hydrogen-bond acceptors (Lipinski definition) is 7. The minimum atomic E-state index is -1.27. The maximum atomic E-state index is 12.4. The summed E-state index contributed by atoms with van der Waals surface area (Å²) in [6, 6.07) is -2.41. The van der Waals surface area contributed by atoms with Gasteiger partial charge in [0.2, 0.25) is 11.8 Å². The Balaban J connectivity index is 3.04. The first-order valence-corrected chi connectivity index (χ1v) is 12.4. The Bertz CT molecular complexity index is 906. The lowest BCUT2D eigenvalue weighted by Gasteiger charge is -2.20. The molecule has 0 bridgehead atoms. The molecule has 0 aliphatic heterocycles. The number of thioether (sulfide) groups is 2. The van der Waals surface area contributed by atoms with Crippen LogP contribution in [0.4, 0.5) is 0 Å². The van der Waals surface area contributed by atoms with Gasteiger partial charge < -0.3 is 26.6 Å². The molecule has 0 saturated carbocycles. The number of halogens is 4. The number of carboxylic acids is 2. The molecule has 32 heavy (non-hydrogen) atoms. The molecule has 2 amide bonds. The van der Waals surface area contributed by atoms with Crippen molar-refractivity contribution in [1.82, 2.24) is 10.6 Å². The molecular formula is C17H19Cl4N3O6S2. The van der Waals surface area contributed by atoms with Crippen molar-refractivity contribution in [3.8, 4) is 0 Å². The zero-order chi connectivity index (χ0) is 24.6. The van der Waals surface area contributed by atoms with Crippen molar-refractivity contribution >= 4 is 93.7 Å². The summed E-state index contributed by atoms with van der Waals surface area (Å²) >= 11 is 27.0. The second-order valence-electron chi connectivity index (χ2n) is 6.14. The number of nitrogens with two attached hydrogens (primary N) is 1. The average Bonchev–Trinajstić information content (AvgIpc) is 2.74. The van der Waals surface area contributed by atoms with Crippen molar-refractivity contribution in [3.05, 3.63) is 20.1 Å². The fraction of sp³-hybridized carbons (Fsp3) is 0.412. The van der Waals surface area contributed by atoms with E-state index in [4.69, 9.17) is 62.4 Å². The van der Waals surface area contributed by atoms with Gasteiger partial charge in [0, 0.05) is 22.0 Å². The van der Waals surface area contributed by atoms with Gasteiger partial charge in [0.15, 0.2) is 0 Å². The second kappa shape index (κ2) is 13.6. The lowest BCUT2D eigenvalue weighted by molar-refractivity contribution is -0.139. The van der Waals surface area contributed by atoms with Crippen LogP contribution in [0.5, 0.6) is 0 Å². The Morgan fingerprint density at radius 3 is 2.06 bits per heavy atom. The van der Waals surface area contributed by atoms with Crippen LogP contribution in [-0.4, -0.2) is 64.6 Å². The summed E-state index contributed by atoms with van der Waals surface area (Å²) < 4.78 is 0. The third-order valence-electron chi connectivity index (χ3n) is 3.85. The standard InChI is InChI=1S/C17H19Cl4N3O6S2/c1-31-14-12(20)10(18)11(19)13(21)15(14)32-5-7(16(28)23-4-9(26)27)24-8(25)3-2-6(22)17(29)30/h6-7H,2-5,22H2,1H3,(H,23,28)(H,24,25)(H,26,27)(H,29,30). The highest BCUT2D eigenvalue weighted by molar-refractivity contribution is 8.02. The molecule has 0 aromatic heterocycles. The van der Waals surface area contributed by atoms with Crippen molar-refractivity contribution < 1.29 is 29.4 Å². The maximum absolute atomic E-state index is 12.4. The van der Waals surface area contributed by atoms with Crippen molar-refractivity contribution in [2.75, 3.05) is 18.6 Å². The van der Waals surface area contributed by atoms with E-state index in [2.05, 4.69) is 10.6 Å². The number of aliphatic carboxylic acids is 2. The molecule has 2 atom stereocenters. The third kappa shape index (κ3) is 8.36. The Morgan fingerprint density at radius 1 is 1.00 bits per heavy atom. The molecule has 0 fully saturated rings. The van der Waals surface area contributed by atoms with E-state index in [9.17, 15) is 19.2 Å². The van der Waals surface area contributed by atoms with Gasteiger partial charge in [-0.05, 0) is 12.7 Å². The Morgan fingerprint density at radius 2 is 1.56 bits per heavy atom. The number of hydrogen-bond donors (Lipinski definition) is 5. The van der Waals surface area contributed by atoms with Gasteiger partial charge in [0.1, 0.15) is 18.6 Å². The van der Waals surface area contributed by atoms with E-state index in [1.807, 2.05) is 0 Å². The van der Waals surface area contributed by atoms with E-state index >= 15 is 0 Å². The van der Waals surface area contributed by atoms with Crippen molar-refractivity contribution in [2.24, 2.45) is 5.73 Å². The van der Waals surface area contributed by atoms with E-state index in [1.165, 1.54) is 11.8 Å². The fourth-order valence-electron chi connectivity index (χ4n) is 2.21. The number of carboxylic acid groups (broad SMARTS) is 2. The molecule has 0 aliphatic carbocycles. The molecule has 0 saturated heterocycles. The number of carbonyl (C=O) groups excluding carboxylic acids is 2. The fourth-order valence-corrected chi connectivity index (χ4v) is 5.71. The quantitative estimate of drug-likeness (QED) is 0.145. The largest absolute Gasteiger partial charge is 0.480 e. The predicted octanol–water partition coefficient (Wildman–Crippen LogP) is 2.99. The monoisotopic (exact) mass is 565 g/mol. The highest BCUT2D eigenvalue weighted by Crippen LogP contribution is 2.48. The molecule has 0 aliphatic rings. The summed E-state index contributed by atoms with van der Waals surface area (Å²) in [7, 11) is 0. The van der Waals surface area contributed by atoms with Gasteiger partial charge in [-0.15, -0.1) is 23.5 Å². The molecule has 1 aromatic rings. The molecule has 0 heterocycles. The lowest BCUT2D eigenvalue weighted by Crippen LogP contribution is -2.49. The molecule has 15 heteroatoms. The maximum Gasteiger partial charge on any atom is 0.322 e. The molecule has 2 unspecified atom stereocenters. The Labute approximate surface area is 212 Å². The minimum Gasteiger partial charge on any atom is -0.480 e. The SMILES string of the molecule is CSc1c(Cl)c(Cl)c(Cl)c(Cl)c1SCC(NC(=O)CCC(N)C(=O)O)C(=O)NCC(=O)O.